The average molecular weight is 241 g/mol. The third-order valence-electron chi connectivity index (χ3n) is 2.30. The quantitative estimate of drug-likeness (QED) is 0.705. The van der Waals surface area contributed by atoms with E-state index in [9.17, 15) is 13.2 Å². The van der Waals surface area contributed by atoms with E-state index < -0.39 is 12.6 Å². The minimum Gasteiger partial charge on any atom is -0.377 e. The molecule has 0 aromatic heterocycles. The first-order valence-electron chi connectivity index (χ1n) is 5.77. The molecule has 0 aromatic rings. The van der Waals surface area contributed by atoms with Gasteiger partial charge in [-0.25, -0.2) is 0 Å². The number of hydrogen-bond donors (Lipinski definition) is 1. The molecule has 1 N–H and O–H groups in total. The first-order valence-corrected chi connectivity index (χ1v) is 5.77. The first-order chi connectivity index (χ1) is 7.35. The number of alkyl halides is 3. The minimum atomic E-state index is -4.03. The van der Waals surface area contributed by atoms with Crippen LogP contribution in [-0.4, -0.2) is 31.5 Å². The zero-order valence-corrected chi connectivity index (χ0v) is 10.2. The molecule has 0 amide bonds. The van der Waals surface area contributed by atoms with Gasteiger partial charge in [-0.15, -0.1) is 0 Å². The monoisotopic (exact) mass is 241 g/mol. The number of hydrogen-bond acceptors (Lipinski definition) is 2. The van der Waals surface area contributed by atoms with Crippen LogP contribution < -0.4 is 5.32 Å². The van der Waals surface area contributed by atoms with Gasteiger partial charge < -0.3 is 10.1 Å². The van der Waals surface area contributed by atoms with Crippen molar-refractivity contribution in [1.82, 2.24) is 5.32 Å². The molecule has 2 unspecified atom stereocenters. The zero-order chi connectivity index (χ0) is 12.6. The molecule has 5 heteroatoms. The lowest BCUT2D eigenvalue weighted by Gasteiger charge is -2.18. The molecule has 0 aromatic carbocycles. The van der Waals surface area contributed by atoms with Crippen LogP contribution in [0.3, 0.4) is 0 Å². The Morgan fingerprint density at radius 2 is 1.88 bits per heavy atom. The molecule has 0 aliphatic carbocycles. The van der Waals surface area contributed by atoms with Crippen LogP contribution in [-0.2, 0) is 4.74 Å². The molecule has 2 atom stereocenters. The van der Waals surface area contributed by atoms with Gasteiger partial charge in [0.15, 0.2) is 0 Å². The van der Waals surface area contributed by atoms with Gasteiger partial charge in [-0.05, 0) is 33.6 Å². The summed E-state index contributed by atoms with van der Waals surface area (Å²) in [7, 11) is 0. The van der Waals surface area contributed by atoms with Crippen molar-refractivity contribution < 1.29 is 17.9 Å². The SMILES string of the molecule is CCOC(C)CNC(C)CCCC(F)(F)F. The van der Waals surface area contributed by atoms with E-state index >= 15 is 0 Å². The Kier molecular flexibility index (Phi) is 7.76. The zero-order valence-electron chi connectivity index (χ0n) is 10.2. The first kappa shape index (κ1) is 15.7. The lowest BCUT2D eigenvalue weighted by molar-refractivity contribution is -0.135. The molecule has 0 heterocycles. The van der Waals surface area contributed by atoms with E-state index in [1.54, 1.807) is 0 Å². The average Bonchev–Trinajstić information content (AvgIpc) is 2.13. The smallest absolute Gasteiger partial charge is 0.377 e. The van der Waals surface area contributed by atoms with Gasteiger partial charge in [0.25, 0.3) is 0 Å². The number of rotatable bonds is 8. The molecule has 0 saturated heterocycles. The highest BCUT2D eigenvalue weighted by atomic mass is 19.4. The van der Waals surface area contributed by atoms with Crippen molar-refractivity contribution in [1.29, 1.82) is 0 Å². The van der Waals surface area contributed by atoms with Crippen molar-refractivity contribution in [2.75, 3.05) is 13.2 Å². The second-order valence-electron chi connectivity index (χ2n) is 4.08. The summed E-state index contributed by atoms with van der Waals surface area (Å²) in [6.07, 6.45) is -3.90. The van der Waals surface area contributed by atoms with E-state index in [4.69, 9.17) is 4.74 Å². The molecule has 16 heavy (non-hydrogen) atoms. The largest absolute Gasteiger partial charge is 0.389 e. The predicted molar refractivity (Wildman–Crippen MR) is 58.5 cm³/mol. The number of halogens is 3. The van der Waals surface area contributed by atoms with Crippen LogP contribution in [0.25, 0.3) is 0 Å². The van der Waals surface area contributed by atoms with Gasteiger partial charge in [0, 0.05) is 25.6 Å². The Labute approximate surface area is 95.5 Å². The molecule has 0 aliphatic rings. The highest BCUT2D eigenvalue weighted by Crippen LogP contribution is 2.22. The van der Waals surface area contributed by atoms with Crippen molar-refractivity contribution in [2.24, 2.45) is 0 Å². The van der Waals surface area contributed by atoms with Gasteiger partial charge in [0.1, 0.15) is 0 Å². The van der Waals surface area contributed by atoms with Crippen LogP contribution in [0.1, 0.15) is 40.0 Å². The Morgan fingerprint density at radius 1 is 1.25 bits per heavy atom. The van der Waals surface area contributed by atoms with Gasteiger partial charge >= 0.3 is 6.18 Å². The Balaban J connectivity index is 3.48. The summed E-state index contributed by atoms with van der Waals surface area (Å²) in [5.41, 5.74) is 0. The standard InChI is InChI=1S/C11H22F3NO/c1-4-16-10(3)8-15-9(2)6-5-7-11(12,13)14/h9-10,15H,4-8H2,1-3H3. The van der Waals surface area contributed by atoms with Crippen LogP contribution in [0.5, 0.6) is 0 Å². The summed E-state index contributed by atoms with van der Waals surface area (Å²) in [4.78, 5) is 0. The van der Waals surface area contributed by atoms with E-state index in [0.29, 0.717) is 19.6 Å². The molecule has 0 fully saturated rings. The van der Waals surface area contributed by atoms with E-state index in [1.165, 1.54) is 0 Å². The molecule has 0 rings (SSSR count). The van der Waals surface area contributed by atoms with Crippen LogP contribution in [0.2, 0.25) is 0 Å². The summed E-state index contributed by atoms with van der Waals surface area (Å²) in [5, 5.41) is 3.16. The summed E-state index contributed by atoms with van der Waals surface area (Å²) in [6.45, 7) is 7.10. The molecule has 0 radical (unpaired) electrons. The van der Waals surface area contributed by atoms with Gasteiger partial charge in [-0.3, -0.25) is 0 Å². The predicted octanol–water partition coefficient (Wildman–Crippen LogP) is 3.12. The van der Waals surface area contributed by atoms with Crippen molar-refractivity contribution in [2.45, 2.75) is 58.4 Å². The highest BCUT2D eigenvalue weighted by molar-refractivity contribution is 4.65. The van der Waals surface area contributed by atoms with Gasteiger partial charge in [0.2, 0.25) is 0 Å². The maximum Gasteiger partial charge on any atom is 0.389 e. The summed E-state index contributed by atoms with van der Waals surface area (Å²) < 4.78 is 40.9. The van der Waals surface area contributed by atoms with E-state index in [1.807, 2.05) is 20.8 Å². The van der Waals surface area contributed by atoms with Gasteiger partial charge in [0.05, 0.1) is 6.10 Å². The van der Waals surface area contributed by atoms with Crippen molar-refractivity contribution in [3.63, 3.8) is 0 Å². The van der Waals surface area contributed by atoms with E-state index in [-0.39, 0.29) is 18.6 Å². The van der Waals surface area contributed by atoms with E-state index in [2.05, 4.69) is 5.32 Å². The molecule has 0 aliphatic heterocycles. The maximum atomic E-state index is 11.9. The van der Waals surface area contributed by atoms with Crippen LogP contribution in [0.15, 0.2) is 0 Å². The van der Waals surface area contributed by atoms with E-state index in [0.717, 1.165) is 0 Å². The van der Waals surface area contributed by atoms with Gasteiger partial charge in [-0.1, -0.05) is 0 Å². The van der Waals surface area contributed by atoms with Crippen molar-refractivity contribution in [3.8, 4) is 0 Å². The molecule has 0 bridgehead atoms. The summed E-state index contributed by atoms with van der Waals surface area (Å²) >= 11 is 0. The fraction of sp³-hybridized carbons (Fsp3) is 1.00. The molecular weight excluding hydrogens is 219 g/mol. The van der Waals surface area contributed by atoms with Crippen LogP contribution in [0.4, 0.5) is 13.2 Å². The highest BCUT2D eigenvalue weighted by Gasteiger charge is 2.26. The molecule has 0 spiro atoms. The Bertz CT molecular complexity index is 173. The number of nitrogens with one attached hydrogen (secondary N) is 1. The summed E-state index contributed by atoms with van der Waals surface area (Å²) in [6, 6.07) is 0.102. The number of ether oxygens (including phenoxy) is 1. The molecule has 2 nitrogen and oxygen atoms in total. The maximum absolute atomic E-state index is 11.9. The van der Waals surface area contributed by atoms with Crippen LogP contribution >= 0.6 is 0 Å². The van der Waals surface area contributed by atoms with Gasteiger partial charge in [-0.2, -0.15) is 13.2 Å². The van der Waals surface area contributed by atoms with Crippen molar-refractivity contribution in [3.05, 3.63) is 0 Å². The third-order valence-corrected chi connectivity index (χ3v) is 2.30. The third kappa shape index (κ3) is 10.2. The fourth-order valence-electron chi connectivity index (χ4n) is 1.42. The fourth-order valence-corrected chi connectivity index (χ4v) is 1.42. The normalized spacial score (nSPS) is 16.1. The topological polar surface area (TPSA) is 21.3 Å². The minimum absolute atomic E-state index is 0.102. The lowest BCUT2D eigenvalue weighted by Crippen LogP contribution is -2.33. The molecule has 0 saturated carbocycles. The Morgan fingerprint density at radius 3 is 2.38 bits per heavy atom. The molecule has 98 valence electrons. The van der Waals surface area contributed by atoms with Crippen molar-refractivity contribution >= 4 is 0 Å². The lowest BCUT2D eigenvalue weighted by atomic mass is 10.1. The molecular formula is C11H22F3NO. The second kappa shape index (κ2) is 7.90. The van der Waals surface area contributed by atoms with Crippen LogP contribution in [0, 0.1) is 0 Å². The second-order valence-corrected chi connectivity index (χ2v) is 4.08. The Hall–Kier alpha value is -0.290. The summed E-state index contributed by atoms with van der Waals surface area (Å²) in [5.74, 6) is 0.